The van der Waals surface area contributed by atoms with Crippen LogP contribution in [0.25, 0.3) is 33.4 Å². The molecule has 3 aliphatic heterocycles. The normalized spacial score (nSPS) is 13.7. The van der Waals surface area contributed by atoms with Crippen molar-refractivity contribution < 1.29 is 112 Å². The molecule has 408 valence electrons. The summed E-state index contributed by atoms with van der Waals surface area (Å²) in [5.74, 6) is -17.9. The number of alkyl halides is 9. The molecule has 0 spiro atoms. The van der Waals surface area contributed by atoms with Crippen LogP contribution in [0.2, 0.25) is 0 Å². The standard InChI is InChI=1S/C54H24F9N3O15/c55-52(56,57)31-13-19(37-28(49(73)74)7-4-25-40(37)46(70)64-43(25)67)1-10-34(31)79-22-16-23(80-35-11-2-20(14-32(35)53(58,59)60)38-29(50(75)76)8-5-26-41(38)47(71)65-44(26)68)18-24(17-22)81-36-12-3-21(15-33(36)54(61,62)63)39-30(51(77)78)9-6-27-42(39)48(72)66-45(27)69/h1-18H,(H,73,74)(H,75,76)(H,77,78)(H,64,67,70)(H,65,68,71)(H,66,69,72). The third-order valence-corrected chi connectivity index (χ3v) is 12.7. The van der Waals surface area contributed by atoms with E-state index in [0.717, 1.165) is 54.6 Å². The molecule has 0 bridgehead atoms. The second-order valence-electron chi connectivity index (χ2n) is 17.6. The number of halogens is 9. The van der Waals surface area contributed by atoms with E-state index in [1.54, 1.807) is 0 Å². The number of amides is 6. The Bertz CT molecular complexity index is 3670. The van der Waals surface area contributed by atoms with Crippen LogP contribution in [-0.4, -0.2) is 68.7 Å². The van der Waals surface area contributed by atoms with E-state index in [4.69, 9.17) is 14.2 Å². The first kappa shape index (κ1) is 53.5. The summed E-state index contributed by atoms with van der Waals surface area (Å²) < 4.78 is 153. The van der Waals surface area contributed by atoms with Crippen molar-refractivity contribution in [2.45, 2.75) is 18.5 Å². The lowest BCUT2D eigenvalue weighted by Crippen LogP contribution is -2.20. The van der Waals surface area contributed by atoms with Crippen LogP contribution in [0.3, 0.4) is 0 Å². The van der Waals surface area contributed by atoms with Crippen LogP contribution < -0.4 is 30.2 Å². The number of nitrogens with one attached hydrogen (secondary N) is 3. The maximum absolute atomic E-state index is 15.1. The van der Waals surface area contributed by atoms with Crippen molar-refractivity contribution in [3.05, 3.63) is 176 Å². The first-order valence-corrected chi connectivity index (χ1v) is 22.6. The van der Waals surface area contributed by atoms with Gasteiger partial charge in [0, 0.05) is 34.9 Å². The van der Waals surface area contributed by atoms with E-state index in [1.165, 1.54) is 0 Å². The SMILES string of the molecule is O=C1NC(=O)c2c1ccc(C(=O)O)c2-c1ccc(Oc2cc(Oc3ccc(-c4c(C(=O)O)ccc5c4C(=O)NC5=O)cc3C(F)(F)F)cc(Oc3ccc(-c4c(C(=O)O)ccc5c4C(=O)NC5=O)cc3C(F)(F)F)c2)c(C(F)(F)F)c1. The minimum Gasteiger partial charge on any atom is -0.478 e. The van der Waals surface area contributed by atoms with Gasteiger partial charge in [-0.05, 0) is 89.5 Å². The molecule has 0 atom stereocenters. The largest absolute Gasteiger partial charge is 0.478 e. The number of imide groups is 3. The predicted octanol–water partition coefficient (Wildman–Crippen LogP) is 10.9. The Balaban J connectivity index is 1.12. The second-order valence-corrected chi connectivity index (χ2v) is 17.6. The Morgan fingerprint density at radius 3 is 0.802 bits per heavy atom. The van der Waals surface area contributed by atoms with Crippen LogP contribution in [0.5, 0.6) is 34.5 Å². The summed E-state index contributed by atoms with van der Waals surface area (Å²) in [4.78, 5) is 113. The number of carbonyl (C=O) groups is 9. The van der Waals surface area contributed by atoms with Crippen molar-refractivity contribution in [2.75, 3.05) is 0 Å². The molecule has 18 nitrogen and oxygen atoms in total. The molecular formula is C54H24F9N3O15. The Kier molecular flexibility index (Phi) is 12.5. The lowest BCUT2D eigenvalue weighted by atomic mass is 9.90. The molecule has 0 aliphatic carbocycles. The summed E-state index contributed by atoms with van der Waals surface area (Å²) >= 11 is 0. The number of hydrogen-bond donors (Lipinski definition) is 6. The summed E-state index contributed by atoms with van der Waals surface area (Å²) in [7, 11) is 0. The van der Waals surface area contributed by atoms with Gasteiger partial charge in [0.25, 0.3) is 35.4 Å². The molecule has 81 heavy (non-hydrogen) atoms. The molecule has 0 aromatic heterocycles. The number of benzene rings is 7. The average Bonchev–Trinajstić information content (AvgIpc) is 4.10. The zero-order valence-electron chi connectivity index (χ0n) is 39.5. The molecule has 27 heteroatoms. The van der Waals surface area contributed by atoms with E-state index in [2.05, 4.69) is 0 Å². The smallest absolute Gasteiger partial charge is 0.420 e. The quantitative estimate of drug-likeness (QED) is 0.0490. The fourth-order valence-electron chi connectivity index (χ4n) is 9.31. The van der Waals surface area contributed by atoms with Crippen LogP contribution in [0.4, 0.5) is 39.5 Å². The number of rotatable bonds is 12. The minimum atomic E-state index is -5.45. The fourth-order valence-corrected chi connectivity index (χ4v) is 9.31. The number of fused-ring (bicyclic) bond motifs is 3. The maximum Gasteiger partial charge on any atom is 0.420 e. The highest BCUT2D eigenvalue weighted by Crippen LogP contribution is 2.48. The van der Waals surface area contributed by atoms with Gasteiger partial charge < -0.3 is 29.5 Å². The summed E-state index contributed by atoms with van der Waals surface area (Å²) in [5, 5.41) is 35.6. The summed E-state index contributed by atoms with van der Waals surface area (Å²) in [6.45, 7) is 0. The van der Waals surface area contributed by atoms with Crippen LogP contribution in [0, 0.1) is 0 Å². The van der Waals surface area contributed by atoms with Crippen LogP contribution in [0.1, 0.15) is 110 Å². The number of carboxylic acids is 3. The zero-order valence-corrected chi connectivity index (χ0v) is 39.5. The summed E-state index contributed by atoms with van der Waals surface area (Å²) in [6, 6.07) is 12.7. The lowest BCUT2D eigenvalue weighted by Gasteiger charge is -2.20. The topological polar surface area (TPSA) is 278 Å². The van der Waals surface area contributed by atoms with Crippen LogP contribution in [-0.2, 0) is 18.5 Å². The molecule has 0 saturated carbocycles. The van der Waals surface area contributed by atoms with Crippen LogP contribution >= 0.6 is 0 Å². The molecule has 10 rings (SSSR count). The van der Waals surface area contributed by atoms with E-state index in [1.807, 2.05) is 16.0 Å². The van der Waals surface area contributed by atoms with Crippen molar-refractivity contribution >= 4 is 53.4 Å². The number of ether oxygens (including phenoxy) is 3. The van der Waals surface area contributed by atoms with Gasteiger partial charge in [-0.25, -0.2) is 14.4 Å². The van der Waals surface area contributed by atoms with Crippen LogP contribution in [0.15, 0.2) is 109 Å². The number of hydrogen-bond acceptors (Lipinski definition) is 12. The molecule has 0 radical (unpaired) electrons. The highest BCUT2D eigenvalue weighted by atomic mass is 19.4. The molecule has 0 fully saturated rings. The molecule has 3 aliphatic rings. The number of aromatic carboxylic acids is 3. The van der Waals surface area contributed by atoms with Gasteiger partial charge in [-0.2, -0.15) is 39.5 Å². The van der Waals surface area contributed by atoms with Gasteiger partial charge in [0.2, 0.25) is 0 Å². The third kappa shape index (κ3) is 9.50. The van der Waals surface area contributed by atoms with Gasteiger partial charge in [-0.1, -0.05) is 18.2 Å². The average molecular weight is 1130 g/mol. The molecule has 0 saturated heterocycles. The van der Waals surface area contributed by atoms with E-state index >= 15 is 39.5 Å². The van der Waals surface area contributed by atoms with Gasteiger partial charge in [-0.3, -0.25) is 44.7 Å². The molecule has 7 aromatic rings. The van der Waals surface area contributed by atoms with E-state index < -0.39 is 190 Å². The monoisotopic (exact) mass is 1130 g/mol. The first-order chi connectivity index (χ1) is 38.0. The Hall–Kier alpha value is -10.9. The first-order valence-electron chi connectivity index (χ1n) is 22.6. The predicted molar refractivity (Wildman–Crippen MR) is 254 cm³/mol. The highest BCUT2D eigenvalue weighted by Gasteiger charge is 2.42. The van der Waals surface area contributed by atoms with Crippen molar-refractivity contribution in [2.24, 2.45) is 0 Å². The second kappa shape index (κ2) is 19.0. The van der Waals surface area contributed by atoms with E-state index in [-0.39, 0.29) is 16.7 Å². The van der Waals surface area contributed by atoms with Crippen molar-refractivity contribution in [3.8, 4) is 67.9 Å². The van der Waals surface area contributed by atoms with E-state index in [0.29, 0.717) is 54.6 Å². The molecule has 7 aromatic carbocycles. The third-order valence-electron chi connectivity index (χ3n) is 12.7. The van der Waals surface area contributed by atoms with Gasteiger partial charge >= 0.3 is 36.4 Å². The van der Waals surface area contributed by atoms with Gasteiger partial charge in [0.05, 0.1) is 66.8 Å². The molecule has 0 unspecified atom stereocenters. The van der Waals surface area contributed by atoms with Crippen molar-refractivity contribution in [1.82, 2.24) is 16.0 Å². The van der Waals surface area contributed by atoms with Crippen molar-refractivity contribution in [3.63, 3.8) is 0 Å². The molecule has 6 N–H and O–H groups in total. The summed E-state index contributed by atoms with van der Waals surface area (Å²) in [5.41, 5.74) is -14.1. The fraction of sp³-hybridized carbons (Fsp3) is 0.0556. The number of carbonyl (C=O) groups excluding carboxylic acids is 6. The minimum absolute atomic E-state index is 0.328. The zero-order chi connectivity index (χ0) is 58.5. The maximum atomic E-state index is 15.1. The van der Waals surface area contributed by atoms with Gasteiger partial charge in [0.15, 0.2) is 0 Å². The Morgan fingerprint density at radius 2 is 0.580 bits per heavy atom. The number of carboxylic acid groups (broad SMARTS) is 3. The Labute approximate surface area is 442 Å². The van der Waals surface area contributed by atoms with Gasteiger partial charge in [-0.15, -0.1) is 0 Å². The summed E-state index contributed by atoms with van der Waals surface area (Å²) in [6.07, 6.45) is -16.4. The molecule has 3 heterocycles. The van der Waals surface area contributed by atoms with Gasteiger partial charge in [0.1, 0.15) is 34.5 Å². The highest BCUT2D eigenvalue weighted by molar-refractivity contribution is 6.27. The van der Waals surface area contributed by atoms with Crippen molar-refractivity contribution in [1.29, 1.82) is 0 Å². The Morgan fingerprint density at radius 1 is 0.333 bits per heavy atom. The van der Waals surface area contributed by atoms with E-state index in [9.17, 15) is 58.5 Å². The molecular weight excluding hydrogens is 1100 g/mol. The molecule has 6 amide bonds. The lowest BCUT2D eigenvalue weighted by molar-refractivity contribution is -0.139.